The average molecular weight is 399 g/mol. The number of hydrogen-bond acceptors (Lipinski definition) is 4. The van der Waals surface area contributed by atoms with Crippen LogP contribution in [0.4, 0.5) is 0 Å². The second-order valence-corrected chi connectivity index (χ2v) is 8.37. The van der Waals surface area contributed by atoms with E-state index in [2.05, 4.69) is 40.7 Å². The van der Waals surface area contributed by atoms with Crippen LogP contribution < -0.4 is 0 Å². The largest absolute Gasteiger partial charge is 0.335 e. The van der Waals surface area contributed by atoms with Crippen LogP contribution in [0.2, 0.25) is 0 Å². The summed E-state index contributed by atoms with van der Waals surface area (Å²) in [5.41, 5.74) is 2.17. The van der Waals surface area contributed by atoms with Crippen LogP contribution in [0.3, 0.4) is 0 Å². The van der Waals surface area contributed by atoms with E-state index in [1.54, 1.807) is 11.3 Å². The highest BCUT2D eigenvalue weighted by molar-refractivity contribution is 7.71. The summed E-state index contributed by atoms with van der Waals surface area (Å²) < 4.78 is 2.48. The molecule has 0 bridgehead atoms. The standard InChI is InChI=1S/C20H22N4OS2/c1-14-4-2-5-15(12-14)19-21-22-20(26)23(19)10-9-18(25)24(16-7-8-16)13-17-6-3-11-27-17/h2-6,11-12,16H,7-10,13H2,1H3,(H,22,26). The topological polar surface area (TPSA) is 53.9 Å². The molecule has 0 aliphatic heterocycles. The quantitative estimate of drug-likeness (QED) is 0.594. The number of aryl methyl sites for hydroxylation is 1. The third kappa shape index (κ3) is 4.20. The lowest BCUT2D eigenvalue weighted by atomic mass is 10.1. The Balaban J connectivity index is 1.49. The van der Waals surface area contributed by atoms with Gasteiger partial charge in [0.1, 0.15) is 0 Å². The summed E-state index contributed by atoms with van der Waals surface area (Å²) >= 11 is 7.10. The molecule has 5 nitrogen and oxygen atoms in total. The summed E-state index contributed by atoms with van der Waals surface area (Å²) in [4.78, 5) is 16.2. The molecule has 7 heteroatoms. The predicted octanol–water partition coefficient (Wildman–Crippen LogP) is 4.56. The van der Waals surface area contributed by atoms with E-state index in [-0.39, 0.29) is 5.91 Å². The molecule has 1 aliphatic rings. The fraction of sp³-hybridized carbons (Fsp3) is 0.350. The van der Waals surface area contributed by atoms with Gasteiger partial charge in [-0.25, -0.2) is 0 Å². The molecule has 4 rings (SSSR count). The Morgan fingerprint density at radius 1 is 1.37 bits per heavy atom. The van der Waals surface area contributed by atoms with E-state index in [0.717, 1.165) is 24.2 Å². The Hall–Kier alpha value is -2.25. The second kappa shape index (κ2) is 7.78. The van der Waals surface area contributed by atoms with Crippen molar-refractivity contribution >= 4 is 29.5 Å². The van der Waals surface area contributed by atoms with Crippen molar-refractivity contribution in [1.29, 1.82) is 0 Å². The molecular formula is C20H22N4OS2. The zero-order valence-electron chi connectivity index (χ0n) is 15.2. The molecule has 140 valence electrons. The molecule has 0 unspecified atom stereocenters. The summed E-state index contributed by atoms with van der Waals surface area (Å²) in [7, 11) is 0. The zero-order chi connectivity index (χ0) is 18.8. The van der Waals surface area contributed by atoms with Gasteiger partial charge in [-0.05, 0) is 49.5 Å². The van der Waals surface area contributed by atoms with E-state index >= 15 is 0 Å². The van der Waals surface area contributed by atoms with Crippen LogP contribution in [0, 0.1) is 11.7 Å². The van der Waals surface area contributed by atoms with Crippen molar-refractivity contribution in [3.8, 4) is 11.4 Å². The van der Waals surface area contributed by atoms with Crippen LogP contribution in [0.1, 0.15) is 29.7 Å². The van der Waals surface area contributed by atoms with Gasteiger partial charge < -0.3 is 4.90 Å². The number of aromatic nitrogens is 3. The Bertz CT molecular complexity index is 986. The van der Waals surface area contributed by atoms with Crippen molar-refractivity contribution in [2.45, 2.75) is 45.3 Å². The number of hydrogen-bond donors (Lipinski definition) is 1. The summed E-state index contributed by atoms with van der Waals surface area (Å²) in [6.45, 7) is 3.30. The molecule has 27 heavy (non-hydrogen) atoms. The molecular weight excluding hydrogens is 376 g/mol. The summed E-state index contributed by atoms with van der Waals surface area (Å²) in [5, 5.41) is 9.31. The summed E-state index contributed by atoms with van der Waals surface area (Å²) in [5.74, 6) is 0.969. The first-order chi connectivity index (χ1) is 13.1. The Labute approximate surface area is 167 Å². The maximum Gasteiger partial charge on any atom is 0.224 e. The van der Waals surface area contributed by atoms with Crippen LogP contribution in [-0.4, -0.2) is 31.6 Å². The Kier molecular flexibility index (Phi) is 5.22. The molecule has 1 fully saturated rings. The zero-order valence-corrected chi connectivity index (χ0v) is 16.9. The number of amides is 1. The number of nitrogens with one attached hydrogen (secondary N) is 1. The van der Waals surface area contributed by atoms with Crippen molar-refractivity contribution in [3.05, 3.63) is 57.0 Å². The highest BCUT2D eigenvalue weighted by Gasteiger charge is 2.32. The van der Waals surface area contributed by atoms with Gasteiger partial charge >= 0.3 is 0 Å². The number of H-pyrrole nitrogens is 1. The number of thiophene rings is 1. The average Bonchev–Trinajstić information content (AvgIpc) is 3.23. The fourth-order valence-corrected chi connectivity index (χ4v) is 4.18. The van der Waals surface area contributed by atoms with Crippen molar-refractivity contribution in [2.24, 2.45) is 0 Å². The number of carbonyl (C=O) groups excluding carboxylic acids is 1. The number of nitrogens with zero attached hydrogens (tertiary/aromatic N) is 3. The van der Waals surface area contributed by atoms with Gasteiger partial charge in [0, 0.05) is 29.4 Å². The Morgan fingerprint density at radius 3 is 2.93 bits per heavy atom. The lowest BCUT2D eigenvalue weighted by Crippen LogP contribution is -2.33. The smallest absolute Gasteiger partial charge is 0.224 e. The van der Waals surface area contributed by atoms with E-state index in [9.17, 15) is 4.79 Å². The Morgan fingerprint density at radius 2 is 2.22 bits per heavy atom. The van der Waals surface area contributed by atoms with Gasteiger partial charge in [-0.1, -0.05) is 29.8 Å². The molecule has 1 N–H and O–H groups in total. The monoisotopic (exact) mass is 398 g/mol. The maximum absolute atomic E-state index is 12.9. The van der Waals surface area contributed by atoms with E-state index in [1.807, 2.05) is 27.7 Å². The van der Waals surface area contributed by atoms with Gasteiger partial charge in [0.2, 0.25) is 5.91 Å². The molecule has 3 aromatic rings. The van der Waals surface area contributed by atoms with Crippen molar-refractivity contribution in [2.75, 3.05) is 0 Å². The molecule has 0 atom stereocenters. The molecule has 1 aliphatic carbocycles. The van der Waals surface area contributed by atoms with Gasteiger partial charge in [-0.2, -0.15) is 5.10 Å². The maximum atomic E-state index is 12.9. The van der Waals surface area contributed by atoms with E-state index in [0.29, 0.717) is 30.3 Å². The minimum absolute atomic E-state index is 0.184. The number of carbonyl (C=O) groups is 1. The molecule has 0 radical (unpaired) electrons. The molecule has 1 saturated carbocycles. The molecule has 1 amide bonds. The molecule has 0 spiro atoms. The van der Waals surface area contributed by atoms with Gasteiger partial charge in [0.25, 0.3) is 0 Å². The fourth-order valence-electron chi connectivity index (χ4n) is 3.26. The number of benzene rings is 1. The second-order valence-electron chi connectivity index (χ2n) is 6.96. The van der Waals surface area contributed by atoms with Gasteiger partial charge in [0.15, 0.2) is 10.6 Å². The first kappa shape index (κ1) is 18.1. The molecule has 0 saturated heterocycles. The number of aromatic amines is 1. The van der Waals surface area contributed by atoms with Crippen LogP contribution in [-0.2, 0) is 17.9 Å². The van der Waals surface area contributed by atoms with Crippen molar-refractivity contribution in [3.63, 3.8) is 0 Å². The summed E-state index contributed by atoms with van der Waals surface area (Å²) in [6.07, 6.45) is 2.64. The van der Waals surface area contributed by atoms with E-state index < -0.39 is 0 Å². The SMILES string of the molecule is Cc1cccc(-c2n[nH]c(=S)n2CCC(=O)N(Cc2cccs2)C2CC2)c1. The lowest BCUT2D eigenvalue weighted by Gasteiger charge is -2.22. The van der Waals surface area contributed by atoms with Crippen LogP contribution >= 0.6 is 23.6 Å². The predicted molar refractivity (Wildman–Crippen MR) is 110 cm³/mol. The number of rotatable bonds is 7. The third-order valence-electron chi connectivity index (χ3n) is 4.80. The minimum Gasteiger partial charge on any atom is -0.335 e. The van der Waals surface area contributed by atoms with Crippen LogP contribution in [0.15, 0.2) is 41.8 Å². The first-order valence-electron chi connectivity index (χ1n) is 9.16. The first-order valence-corrected chi connectivity index (χ1v) is 10.4. The third-order valence-corrected chi connectivity index (χ3v) is 5.97. The highest BCUT2D eigenvalue weighted by atomic mass is 32.1. The van der Waals surface area contributed by atoms with E-state index in [1.165, 1.54) is 10.4 Å². The normalized spacial score (nSPS) is 13.7. The molecule has 1 aromatic carbocycles. The molecule has 2 heterocycles. The van der Waals surface area contributed by atoms with Crippen molar-refractivity contribution in [1.82, 2.24) is 19.7 Å². The lowest BCUT2D eigenvalue weighted by molar-refractivity contribution is -0.132. The van der Waals surface area contributed by atoms with Crippen LogP contribution in [0.5, 0.6) is 0 Å². The van der Waals surface area contributed by atoms with Gasteiger partial charge in [-0.3, -0.25) is 14.5 Å². The van der Waals surface area contributed by atoms with Gasteiger partial charge in [0.05, 0.1) is 6.54 Å². The summed E-state index contributed by atoms with van der Waals surface area (Å²) in [6, 6.07) is 12.7. The van der Waals surface area contributed by atoms with Gasteiger partial charge in [-0.15, -0.1) is 11.3 Å². The van der Waals surface area contributed by atoms with Crippen LogP contribution in [0.25, 0.3) is 11.4 Å². The highest BCUT2D eigenvalue weighted by Crippen LogP contribution is 2.30. The minimum atomic E-state index is 0.184. The van der Waals surface area contributed by atoms with Crippen molar-refractivity contribution < 1.29 is 4.79 Å². The molecule has 2 aromatic heterocycles. The van der Waals surface area contributed by atoms with E-state index in [4.69, 9.17) is 12.2 Å².